The fraction of sp³-hybridized carbons (Fsp3) is 0.571. The number of nitrogens with one attached hydrogen (secondary N) is 1. The molecule has 0 saturated heterocycles. The largest absolute Gasteiger partial charge is 0.396 e. The van der Waals surface area contributed by atoms with Crippen molar-refractivity contribution in [2.75, 3.05) is 45.4 Å². The SMILES string of the molecule is COCCNCc1ccccc1N(C)CCCO. The average molecular weight is 252 g/mol. The summed E-state index contributed by atoms with van der Waals surface area (Å²) in [4.78, 5) is 2.18. The normalized spacial score (nSPS) is 10.6. The van der Waals surface area contributed by atoms with Crippen molar-refractivity contribution in [1.82, 2.24) is 5.32 Å². The lowest BCUT2D eigenvalue weighted by atomic mass is 10.1. The Morgan fingerprint density at radius 1 is 1.33 bits per heavy atom. The molecule has 4 nitrogen and oxygen atoms in total. The minimum atomic E-state index is 0.235. The molecule has 0 atom stereocenters. The summed E-state index contributed by atoms with van der Waals surface area (Å²) in [6, 6.07) is 8.34. The number of hydrogen-bond acceptors (Lipinski definition) is 4. The predicted octanol–water partition coefficient (Wildman–Crippen LogP) is 1.24. The Hall–Kier alpha value is -1.10. The quantitative estimate of drug-likeness (QED) is 0.649. The molecule has 0 aromatic heterocycles. The van der Waals surface area contributed by atoms with Crippen LogP contribution in [0.4, 0.5) is 5.69 Å². The van der Waals surface area contributed by atoms with Crippen molar-refractivity contribution in [3.05, 3.63) is 29.8 Å². The van der Waals surface area contributed by atoms with Crippen LogP contribution in [0.1, 0.15) is 12.0 Å². The summed E-state index contributed by atoms with van der Waals surface area (Å²) in [7, 11) is 3.77. The van der Waals surface area contributed by atoms with Crippen LogP contribution in [-0.4, -0.2) is 45.6 Å². The molecule has 0 aliphatic carbocycles. The maximum Gasteiger partial charge on any atom is 0.0587 e. The van der Waals surface area contributed by atoms with E-state index in [-0.39, 0.29) is 6.61 Å². The first-order valence-corrected chi connectivity index (χ1v) is 6.39. The highest BCUT2D eigenvalue weighted by atomic mass is 16.5. The number of hydrogen-bond donors (Lipinski definition) is 2. The monoisotopic (exact) mass is 252 g/mol. The molecule has 0 saturated carbocycles. The summed E-state index contributed by atoms with van der Waals surface area (Å²) < 4.78 is 5.01. The molecule has 4 heteroatoms. The number of ether oxygens (including phenoxy) is 1. The van der Waals surface area contributed by atoms with Crippen molar-refractivity contribution in [3.8, 4) is 0 Å². The van der Waals surface area contributed by atoms with Crippen LogP contribution in [0.25, 0.3) is 0 Å². The average Bonchev–Trinajstić information content (AvgIpc) is 2.41. The van der Waals surface area contributed by atoms with Crippen LogP contribution in [0.3, 0.4) is 0 Å². The zero-order valence-corrected chi connectivity index (χ0v) is 11.4. The highest BCUT2D eigenvalue weighted by Crippen LogP contribution is 2.19. The standard InChI is InChI=1S/C14H24N2O2/c1-16(9-5-10-17)14-7-4-3-6-13(14)12-15-8-11-18-2/h3-4,6-7,15,17H,5,8-12H2,1-2H3. The summed E-state index contributed by atoms with van der Waals surface area (Å²) in [6.45, 7) is 3.51. The van der Waals surface area contributed by atoms with Crippen molar-refractivity contribution < 1.29 is 9.84 Å². The van der Waals surface area contributed by atoms with E-state index in [1.54, 1.807) is 7.11 Å². The van der Waals surface area contributed by atoms with E-state index in [0.717, 1.165) is 32.7 Å². The van der Waals surface area contributed by atoms with Gasteiger partial charge in [0.1, 0.15) is 0 Å². The Morgan fingerprint density at radius 2 is 2.11 bits per heavy atom. The van der Waals surface area contributed by atoms with Crippen LogP contribution in [0.15, 0.2) is 24.3 Å². The number of methoxy groups -OCH3 is 1. The van der Waals surface area contributed by atoms with Crippen LogP contribution in [0.5, 0.6) is 0 Å². The first kappa shape index (κ1) is 15.0. The lowest BCUT2D eigenvalue weighted by Gasteiger charge is -2.22. The zero-order chi connectivity index (χ0) is 13.2. The van der Waals surface area contributed by atoms with Crippen LogP contribution < -0.4 is 10.2 Å². The number of benzene rings is 1. The van der Waals surface area contributed by atoms with Gasteiger partial charge in [0.2, 0.25) is 0 Å². The topological polar surface area (TPSA) is 44.7 Å². The van der Waals surface area contributed by atoms with Gasteiger partial charge in [0.25, 0.3) is 0 Å². The molecular formula is C14H24N2O2. The first-order chi connectivity index (χ1) is 8.79. The maximum atomic E-state index is 8.88. The summed E-state index contributed by atoms with van der Waals surface area (Å²) >= 11 is 0. The minimum Gasteiger partial charge on any atom is -0.396 e. The minimum absolute atomic E-state index is 0.235. The van der Waals surface area contributed by atoms with Crippen molar-refractivity contribution in [2.24, 2.45) is 0 Å². The van der Waals surface area contributed by atoms with E-state index >= 15 is 0 Å². The third-order valence-corrected chi connectivity index (χ3v) is 2.85. The maximum absolute atomic E-state index is 8.88. The molecule has 18 heavy (non-hydrogen) atoms. The number of aliphatic hydroxyl groups excluding tert-OH is 1. The summed E-state index contributed by atoms with van der Waals surface area (Å²) in [5.41, 5.74) is 2.49. The molecule has 0 spiro atoms. The molecule has 0 radical (unpaired) electrons. The Bertz CT molecular complexity index is 331. The van der Waals surface area contributed by atoms with Gasteiger partial charge in [-0.1, -0.05) is 18.2 Å². The number of anilines is 1. The second kappa shape index (κ2) is 8.91. The predicted molar refractivity (Wildman–Crippen MR) is 75.0 cm³/mol. The molecule has 1 aromatic rings. The highest BCUT2D eigenvalue weighted by Gasteiger charge is 2.05. The molecular weight excluding hydrogens is 228 g/mol. The van der Waals surface area contributed by atoms with Gasteiger partial charge in [-0.05, 0) is 18.1 Å². The molecule has 102 valence electrons. The van der Waals surface area contributed by atoms with E-state index in [0.29, 0.717) is 0 Å². The van der Waals surface area contributed by atoms with E-state index in [9.17, 15) is 0 Å². The number of aliphatic hydroxyl groups is 1. The molecule has 0 fully saturated rings. The fourth-order valence-corrected chi connectivity index (χ4v) is 1.86. The summed E-state index contributed by atoms with van der Waals surface area (Å²) in [5.74, 6) is 0. The summed E-state index contributed by atoms with van der Waals surface area (Å²) in [5, 5.41) is 12.2. The summed E-state index contributed by atoms with van der Waals surface area (Å²) in [6.07, 6.45) is 0.794. The Morgan fingerprint density at radius 3 is 2.83 bits per heavy atom. The van der Waals surface area contributed by atoms with Crippen LogP contribution in [0, 0.1) is 0 Å². The lowest BCUT2D eigenvalue weighted by molar-refractivity contribution is 0.199. The van der Waals surface area contributed by atoms with Gasteiger partial charge >= 0.3 is 0 Å². The molecule has 2 N–H and O–H groups in total. The second-order valence-electron chi connectivity index (χ2n) is 4.30. The van der Waals surface area contributed by atoms with Gasteiger partial charge in [0, 0.05) is 46.1 Å². The third-order valence-electron chi connectivity index (χ3n) is 2.85. The van der Waals surface area contributed by atoms with E-state index < -0.39 is 0 Å². The molecule has 0 aliphatic heterocycles. The van der Waals surface area contributed by atoms with Crippen molar-refractivity contribution in [2.45, 2.75) is 13.0 Å². The number of para-hydroxylation sites is 1. The molecule has 0 heterocycles. The Labute approximate surface area is 110 Å². The fourth-order valence-electron chi connectivity index (χ4n) is 1.86. The van der Waals surface area contributed by atoms with Crippen LogP contribution in [0.2, 0.25) is 0 Å². The van der Waals surface area contributed by atoms with Crippen LogP contribution in [-0.2, 0) is 11.3 Å². The Kier molecular flexibility index (Phi) is 7.41. The van der Waals surface area contributed by atoms with Gasteiger partial charge in [-0.25, -0.2) is 0 Å². The number of nitrogens with zero attached hydrogens (tertiary/aromatic N) is 1. The van der Waals surface area contributed by atoms with Gasteiger partial charge in [0.05, 0.1) is 6.61 Å². The van der Waals surface area contributed by atoms with Crippen molar-refractivity contribution in [3.63, 3.8) is 0 Å². The second-order valence-corrected chi connectivity index (χ2v) is 4.30. The number of rotatable bonds is 9. The van der Waals surface area contributed by atoms with Gasteiger partial charge in [0.15, 0.2) is 0 Å². The van der Waals surface area contributed by atoms with E-state index in [2.05, 4.69) is 35.5 Å². The zero-order valence-electron chi connectivity index (χ0n) is 11.4. The molecule has 0 bridgehead atoms. The first-order valence-electron chi connectivity index (χ1n) is 6.39. The van der Waals surface area contributed by atoms with E-state index in [1.807, 2.05) is 6.07 Å². The van der Waals surface area contributed by atoms with Crippen LogP contribution >= 0.6 is 0 Å². The third kappa shape index (κ3) is 5.04. The molecule has 1 rings (SSSR count). The highest BCUT2D eigenvalue weighted by molar-refractivity contribution is 5.52. The van der Waals surface area contributed by atoms with Gasteiger partial charge in [-0.3, -0.25) is 0 Å². The van der Waals surface area contributed by atoms with Crippen molar-refractivity contribution in [1.29, 1.82) is 0 Å². The van der Waals surface area contributed by atoms with E-state index in [4.69, 9.17) is 9.84 Å². The molecule has 1 aromatic carbocycles. The van der Waals surface area contributed by atoms with E-state index in [1.165, 1.54) is 11.3 Å². The lowest BCUT2D eigenvalue weighted by Crippen LogP contribution is -2.24. The van der Waals surface area contributed by atoms with Gasteiger partial charge in [-0.2, -0.15) is 0 Å². The van der Waals surface area contributed by atoms with Gasteiger partial charge in [-0.15, -0.1) is 0 Å². The van der Waals surface area contributed by atoms with Crippen molar-refractivity contribution >= 4 is 5.69 Å². The molecule has 0 unspecified atom stereocenters. The Balaban J connectivity index is 2.55. The molecule has 0 amide bonds. The molecule has 0 aliphatic rings. The van der Waals surface area contributed by atoms with Gasteiger partial charge < -0.3 is 20.1 Å². The smallest absolute Gasteiger partial charge is 0.0587 e.